The minimum Gasteiger partial charge on any atom is -0.485 e. The lowest BCUT2D eigenvalue weighted by Gasteiger charge is -2.10. The molecule has 0 saturated heterocycles. The monoisotopic (exact) mass is 432 g/mol. The highest BCUT2D eigenvalue weighted by Gasteiger charge is 2.14. The average molecular weight is 433 g/mol. The van der Waals surface area contributed by atoms with Crippen LogP contribution in [0.3, 0.4) is 0 Å². The van der Waals surface area contributed by atoms with E-state index in [-0.39, 0.29) is 11.7 Å². The van der Waals surface area contributed by atoms with Crippen LogP contribution < -0.4 is 10.1 Å². The van der Waals surface area contributed by atoms with Gasteiger partial charge in [0, 0.05) is 12.2 Å². The fourth-order valence-electron chi connectivity index (χ4n) is 3.31. The molecule has 0 spiro atoms. The molecule has 1 heterocycles. The summed E-state index contributed by atoms with van der Waals surface area (Å²) in [6.45, 7) is 5.07. The number of ether oxygens (including phenoxy) is 1. The molecule has 1 aromatic heterocycles. The molecule has 0 bridgehead atoms. The summed E-state index contributed by atoms with van der Waals surface area (Å²) >= 11 is 1.37. The second-order valence-corrected chi connectivity index (χ2v) is 8.04. The molecule has 7 heteroatoms. The molecule has 0 atom stereocenters. The Morgan fingerprint density at radius 1 is 1.03 bits per heavy atom. The van der Waals surface area contributed by atoms with E-state index < -0.39 is 0 Å². The van der Waals surface area contributed by atoms with Gasteiger partial charge in [-0.05, 0) is 48.4 Å². The number of amides is 1. The van der Waals surface area contributed by atoms with Crippen LogP contribution in [0.25, 0.3) is 10.8 Å². The number of hydrogen-bond donors (Lipinski definition) is 1. The van der Waals surface area contributed by atoms with Gasteiger partial charge >= 0.3 is 0 Å². The average Bonchev–Trinajstić information content (AvgIpc) is 3.19. The molecule has 0 unspecified atom stereocenters. The summed E-state index contributed by atoms with van der Waals surface area (Å²) in [5.41, 5.74) is 1.86. The van der Waals surface area contributed by atoms with Crippen molar-refractivity contribution in [2.75, 3.05) is 11.1 Å². The van der Waals surface area contributed by atoms with Crippen molar-refractivity contribution in [1.82, 2.24) is 14.8 Å². The van der Waals surface area contributed by atoms with Crippen molar-refractivity contribution >= 4 is 34.1 Å². The van der Waals surface area contributed by atoms with E-state index in [0.717, 1.165) is 33.6 Å². The van der Waals surface area contributed by atoms with Crippen LogP contribution in [0.5, 0.6) is 5.75 Å². The first-order valence-corrected chi connectivity index (χ1v) is 11.1. The molecule has 0 radical (unpaired) electrons. The predicted octanol–water partition coefficient (Wildman–Crippen LogP) is 5.07. The summed E-state index contributed by atoms with van der Waals surface area (Å²) in [7, 11) is 0. The van der Waals surface area contributed by atoms with Crippen molar-refractivity contribution in [3.05, 3.63) is 78.1 Å². The van der Waals surface area contributed by atoms with Crippen LogP contribution in [0.1, 0.15) is 18.3 Å². The molecular formula is C24H24N4O2S. The van der Waals surface area contributed by atoms with Gasteiger partial charge in [-0.25, -0.2) is 0 Å². The number of benzene rings is 3. The Morgan fingerprint density at radius 3 is 2.61 bits per heavy atom. The SMILES string of the molecule is CCn1c(COc2ccccc2C)nnc1SCC(=O)Nc1ccc2ccccc2c1. The molecule has 6 nitrogen and oxygen atoms in total. The van der Waals surface area contributed by atoms with Crippen LogP contribution >= 0.6 is 11.8 Å². The van der Waals surface area contributed by atoms with Gasteiger partial charge in [0.25, 0.3) is 0 Å². The van der Waals surface area contributed by atoms with Crippen LogP contribution in [0.2, 0.25) is 0 Å². The van der Waals surface area contributed by atoms with Gasteiger partial charge in [-0.3, -0.25) is 4.79 Å². The summed E-state index contributed by atoms with van der Waals surface area (Å²) in [4.78, 5) is 12.5. The van der Waals surface area contributed by atoms with E-state index in [0.29, 0.717) is 18.3 Å². The highest BCUT2D eigenvalue weighted by atomic mass is 32.2. The zero-order chi connectivity index (χ0) is 21.6. The number of aryl methyl sites for hydroxylation is 1. The fourth-order valence-corrected chi connectivity index (χ4v) is 4.13. The third-order valence-electron chi connectivity index (χ3n) is 4.93. The van der Waals surface area contributed by atoms with Crippen LogP contribution in [0, 0.1) is 6.92 Å². The van der Waals surface area contributed by atoms with Gasteiger partial charge in [0.2, 0.25) is 5.91 Å². The Hall–Kier alpha value is -3.32. The Kier molecular flexibility index (Phi) is 6.52. The fraction of sp³-hybridized carbons (Fsp3) is 0.208. The van der Waals surface area contributed by atoms with Gasteiger partial charge in [-0.2, -0.15) is 0 Å². The number of anilines is 1. The number of fused-ring (bicyclic) bond motifs is 1. The maximum Gasteiger partial charge on any atom is 0.234 e. The molecule has 1 amide bonds. The second kappa shape index (κ2) is 9.66. The van der Waals surface area contributed by atoms with Crippen molar-refractivity contribution in [2.24, 2.45) is 0 Å². The number of nitrogens with one attached hydrogen (secondary N) is 1. The largest absolute Gasteiger partial charge is 0.485 e. The van der Waals surface area contributed by atoms with Crippen molar-refractivity contribution < 1.29 is 9.53 Å². The Bertz CT molecular complexity index is 1210. The third-order valence-corrected chi connectivity index (χ3v) is 5.89. The van der Waals surface area contributed by atoms with Gasteiger partial charge in [-0.15, -0.1) is 10.2 Å². The number of nitrogens with zero attached hydrogens (tertiary/aromatic N) is 3. The van der Waals surface area contributed by atoms with Crippen molar-refractivity contribution in [1.29, 1.82) is 0 Å². The van der Waals surface area contributed by atoms with Gasteiger partial charge in [0.15, 0.2) is 11.0 Å². The lowest BCUT2D eigenvalue weighted by atomic mass is 10.1. The van der Waals surface area contributed by atoms with Crippen LogP contribution in [-0.2, 0) is 17.9 Å². The summed E-state index contributed by atoms with van der Waals surface area (Å²) in [6, 6.07) is 21.9. The molecule has 31 heavy (non-hydrogen) atoms. The number of carbonyl (C=O) groups excluding carboxylic acids is 1. The lowest BCUT2D eigenvalue weighted by Crippen LogP contribution is -2.15. The van der Waals surface area contributed by atoms with E-state index in [2.05, 4.69) is 21.6 Å². The smallest absolute Gasteiger partial charge is 0.234 e. The number of thioether (sulfide) groups is 1. The normalized spacial score (nSPS) is 10.9. The first kappa shape index (κ1) is 20.9. The van der Waals surface area contributed by atoms with Crippen LogP contribution in [-0.4, -0.2) is 26.4 Å². The quantitative estimate of drug-likeness (QED) is 0.394. The molecule has 4 aromatic rings. The summed E-state index contributed by atoms with van der Waals surface area (Å²) < 4.78 is 7.88. The zero-order valence-corrected chi connectivity index (χ0v) is 18.4. The number of aromatic nitrogens is 3. The molecule has 0 fully saturated rings. The van der Waals surface area contributed by atoms with Crippen LogP contribution in [0.15, 0.2) is 71.9 Å². The summed E-state index contributed by atoms with van der Waals surface area (Å²) in [5, 5.41) is 14.4. The molecule has 0 aliphatic rings. The Labute approximate surface area is 185 Å². The van der Waals surface area contributed by atoms with Gasteiger partial charge in [-0.1, -0.05) is 60.3 Å². The minimum atomic E-state index is -0.0800. The minimum absolute atomic E-state index is 0.0800. The van der Waals surface area contributed by atoms with Gasteiger partial charge < -0.3 is 14.6 Å². The van der Waals surface area contributed by atoms with Gasteiger partial charge in [0.05, 0.1) is 5.75 Å². The highest BCUT2D eigenvalue weighted by molar-refractivity contribution is 7.99. The summed E-state index contributed by atoms with van der Waals surface area (Å²) in [5.74, 6) is 1.74. The lowest BCUT2D eigenvalue weighted by molar-refractivity contribution is -0.113. The molecule has 1 N–H and O–H groups in total. The molecular weight excluding hydrogens is 408 g/mol. The number of hydrogen-bond acceptors (Lipinski definition) is 5. The first-order valence-electron chi connectivity index (χ1n) is 10.2. The highest BCUT2D eigenvalue weighted by Crippen LogP contribution is 2.22. The van der Waals surface area contributed by atoms with E-state index in [1.54, 1.807) is 0 Å². The zero-order valence-electron chi connectivity index (χ0n) is 17.5. The summed E-state index contributed by atoms with van der Waals surface area (Å²) in [6.07, 6.45) is 0. The predicted molar refractivity (Wildman–Crippen MR) is 125 cm³/mol. The third kappa shape index (κ3) is 5.06. The molecule has 0 aliphatic heterocycles. The Balaban J connectivity index is 1.36. The van der Waals surface area contributed by atoms with E-state index in [1.807, 2.05) is 79.1 Å². The molecule has 3 aromatic carbocycles. The molecule has 4 rings (SSSR count). The molecule has 0 aliphatic carbocycles. The van der Waals surface area contributed by atoms with E-state index in [9.17, 15) is 4.79 Å². The molecule has 0 saturated carbocycles. The number of rotatable bonds is 8. The van der Waals surface area contributed by atoms with E-state index in [1.165, 1.54) is 11.8 Å². The van der Waals surface area contributed by atoms with E-state index >= 15 is 0 Å². The second-order valence-electron chi connectivity index (χ2n) is 7.10. The number of carbonyl (C=O) groups is 1. The maximum absolute atomic E-state index is 12.5. The first-order chi connectivity index (χ1) is 15.1. The van der Waals surface area contributed by atoms with Crippen LogP contribution in [0.4, 0.5) is 5.69 Å². The number of para-hydroxylation sites is 1. The molecule has 158 valence electrons. The van der Waals surface area contributed by atoms with E-state index in [4.69, 9.17) is 4.74 Å². The van der Waals surface area contributed by atoms with Crippen molar-refractivity contribution in [3.63, 3.8) is 0 Å². The van der Waals surface area contributed by atoms with Crippen molar-refractivity contribution in [2.45, 2.75) is 32.2 Å². The topological polar surface area (TPSA) is 69.0 Å². The standard InChI is InChI=1S/C24H24N4O2S/c1-3-28-22(15-30-21-11-7-4-8-17(21)2)26-27-24(28)31-16-23(29)25-20-13-12-18-9-5-6-10-19(18)14-20/h4-14H,3,15-16H2,1-2H3,(H,25,29). The van der Waals surface area contributed by atoms with Crippen molar-refractivity contribution in [3.8, 4) is 5.75 Å². The maximum atomic E-state index is 12.5. The Morgan fingerprint density at radius 2 is 1.81 bits per heavy atom. The van der Waals surface area contributed by atoms with Gasteiger partial charge in [0.1, 0.15) is 12.4 Å².